The van der Waals surface area contributed by atoms with Crippen molar-refractivity contribution >= 4 is 23.5 Å². The molecule has 1 aliphatic rings. The minimum absolute atomic E-state index is 0.0909. The highest BCUT2D eigenvalue weighted by Gasteiger charge is 2.22. The Morgan fingerprint density at radius 2 is 1.76 bits per heavy atom. The van der Waals surface area contributed by atoms with E-state index < -0.39 is 0 Å². The van der Waals surface area contributed by atoms with Gasteiger partial charge in [-0.2, -0.15) is 0 Å². The van der Waals surface area contributed by atoms with Crippen LogP contribution in [-0.2, 0) is 11.2 Å². The zero-order valence-corrected chi connectivity index (χ0v) is 17.3. The van der Waals surface area contributed by atoms with Crippen molar-refractivity contribution in [1.82, 2.24) is 14.8 Å². The summed E-state index contributed by atoms with van der Waals surface area (Å²) < 4.78 is 7.50. The molecule has 0 radical (unpaired) electrons. The second-order valence-corrected chi connectivity index (χ2v) is 7.76. The van der Waals surface area contributed by atoms with E-state index in [-0.39, 0.29) is 5.78 Å². The van der Waals surface area contributed by atoms with Gasteiger partial charge in [-0.15, -0.1) is 10.2 Å². The number of carbonyl (C=O) groups excluding carboxylic acids is 1. The Hall–Kier alpha value is -2.64. The quantitative estimate of drug-likeness (QED) is 0.439. The lowest BCUT2D eigenvalue weighted by Crippen LogP contribution is -2.37. The lowest BCUT2D eigenvalue weighted by atomic mass is 10.1. The Bertz CT molecular complexity index is 951. The lowest BCUT2D eigenvalue weighted by Gasteiger charge is -2.27. The third kappa shape index (κ3) is 4.52. The molecule has 0 saturated carbocycles. The molecule has 2 heterocycles. The number of nitrogens with zero attached hydrogens (tertiary/aromatic N) is 4. The van der Waals surface area contributed by atoms with Crippen molar-refractivity contribution in [1.29, 1.82) is 0 Å². The van der Waals surface area contributed by atoms with Gasteiger partial charge in [0.1, 0.15) is 0 Å². The van der Waals surface area contributed by atoms with Crippen LogP contribution in [0.5, 0.6) is 0 Å². The van der Waals surface area contributed by atoms with Crippen LogP contribution in [0.25, 0.3) is 5.69 Å². The number of Topliss-reactive ketones (excluding diaryl/α,β-unsaturated/α-hetero) is 1. The zero-order chi connectivity index (χ0) is 20.1. The van der Waals surface area contributed by atoms with Gasteiger partial charge in [0, 0.05) is 18.7 Å². The van der Waals surface area contributed by atoms with Crippen LogP contribution in [0.1, 0.15) is 22.8 Å². The van der Waals surface area contributed by atoms with Crippen molar-refractivity contribution in [2.45, 2.75) is 18.5 Å². The number of rotatable bonds is 7. The zero-order valence-electron chi connectivity index (χ0n) is 16.5. The summed E-state index contributed by atoms with van der Waals surface area (Å²) in [6.07, 6.45) is 0.966. The molecule has 0 unspecified atom stereocenters. The Kier molecular flexibility index (Phi) is 6.27. The van der Waals surface area contributed by atoms with Gasteiger partial charge in [-0.25, -0.2) is 0 Å². The standard InChI is InChI=1S/C22H24N4O2S/c1-2-17-8-10-18(11-9-17)20(27)16-29-22-24-23-21(25-12-14-28-15-13-25)26(22)19-6-4-3-5-7-19/h3-11H,2,12-16H2,1H3. The SMILES string of the molecule is CCc1ccc(C(=O)CSc2nnc(N3CCOCC3)n2-c2ccccc2)cc1. The molecular formula is C22H24N4O2S. The number of benzene rings is 2. The van der Waals surface area contributed by atoms with Crippen molar-refractivity contribution in [3.8, 4) is 5.69 Å². The predicted octanol–water partition coefficient (Wildman–Crippen LogP) is 3.64. The van der Waals surface area contributed by atoms with E-state index in [2.05, 4.69) is 22.0 Å². The molecule has 1 saturated heterocycles. The van der Waals surface area contributed by atoms with E-state index >= 15 is 0 Å². The largest absolute Gasteiger partial charge is 0.378 e. The van der Waals surface area contributed by atoms with Crippen molar-refractivity contribution in [3.05, 3.63) is 65.7 Å². The number of hydrogen-bond donors (Lipinski definition) is 0. The van der Waals surface area contributed by atoms with E-state index in [4.69, 9.17) is 4.74 Å². The van der Waals surface area contributed by atoms with E-state index in [0.29, 0.717) is 19.0 Å². The van der Waals surface area contributed by atoms with Crippen LogP contribution >= 0.6 is 11.8 Å². The van der Waals surface area contributed by atoms with Gasteiger partial charge >= 0.3 is 0 Å². The van der Waals surface area contributed by atoms with Gasteiger partial charge in [-0.3, -0.25) is 9.36 Å². The normalized spacial score (nSPS) is 14.2. The summed E-state index contributed by atoms with van der Waals surface area (Å²) in [6, 6.07) is 17.9. The number of ketones is 1. The number of aromatic nitrogens is 3. The van der Waals surface area contributed by atoms with Crippen molar-refractivity contribution in [2.75, 3.05) is 37.0 Å². The number of para-hydroxylation sites is 1. The number of ether oxygens (including phenoxy) is 1. The smallest absolute Gasteiger partial charge is 0.232 e. The summed E-state index contributed by atoms with van der Waals surface area (Å²) in [5, 5.41) is 9.56. The second kappa shape index (κ2) is 9.24. The fourth-order valence-electron chi connectivity index (χ4n) is 3.27. The number of anilines is 1. The van der Waals surface area contributed by atoms with Crippen molar-refractivity contribution in [3.63, 3.8) is 0 Å². The summed E-state index contributed by atoms with van der Waals surface area (Å²) in [7, 11) is 0. The Labute approximate surface area is 174 Å². The van der Waals surface area contributed by atoms with Crippen LogP contribution in [0.15, 0.2) is 59.8 Å². The maximum Gasteiger partial charge on any atom is 0.232 e. The molecule has 0 aliphatic carbocycles. The highest BCUT2D eigenvalue weighted by atomic mass is 32.2. The van der Waals surface area contributed by atoms with Crippen molar-refractivity contribution in [2.24, 2.45) is 0 Å². The molecule has 7 heteroatoms. The molecule has 1 aliphatic heterocycles. The molecule has 1 aromatic heterocycles. The molecule has 0 atom stereocenters. The molecule has 2 aromatic carbocycles. The summed E-state index contributed by atoms with van der Waals surface area (Å²) >= 11 is 1.42. The van der Waals surface area contributed by atoms with Crippen LogP contribution in [0.4, 0.5) is 5.95 Å². The van der Waals surface area contributed by atoms with Crippen LogP contribution < -0.4 is 4.90 Å². The van der Waals surface area contributed by atoms with Gasteiger partial charge in [0.25, 0.3) is 0 Å². The fourth-order valence-corrected chi connectivity index (χ4v) is 4.11. The molecule has 0 N–H and O–H groups in total. The highest BCUT2D eigenvalue weighted by molar-refractivity contribution is 7.99. The molecule has 6 nitrogen and oxygen atoms in total. The molecule has 29 heavy (non-hydrogen) atoms. The molecule has 4 rings (SSSR count). The molecular weight excluding hydrogens is 384 g/mol. The van der Waals surface area contributed by atoms with E-state index in [1.165, 1.54) is 17.3 Å². The van der Waals surface area contributed by atoms with E-state index in [0.717, 1.165) is 41.9 Å². The molecule has 0 bridgehead atoms. The maximum absolute atomic E-state index is 12.7. The van der Waals surface area contributed by atoms with Crippen LogP contribution in [0.3, 0.4) is 0 Å². The first-order valence-electron chi connectivity index (χ1n) is 9.84. The number of thioether (sulfide) groups is 1. The summed E-state index contributed by atoms with van der Waals surface area (Å²) in [5.41, 5.74) is 2.95. The first-order chi connectivity index (χ1) is 14.3. The summed E-state index contributed by atoms with van der Waals surface area (Å²) in [4.78, 5) is 14.8. The predicted molar refractivity (Wildman–Crippen MR) is 115 cm³/mol. The molecule has 0 spiro atoms. The third-order valence-corrected chi connectivity index (χ3v) is 5.87. The second-order valence-electron chi connectivity index (χ2n) is 6.82. The maximum atomic E-state index is 12.7. The first-order valence-corrected chi connectivity index (χ1v) is 10.8. The van der Waals surface area contributed by atoms with Gasteiger partial charge in [-0.1, -0.05) is 61.2 Å². The van der Waals surface area contributed by atoms with Gasteiger partial charge in [0.15, 0.2) is 10.9 Å². The van der Waals surface area contributed by atoms with E-state index in [9.17, 15) is 4.79 Å². The van der Waals surface area contributed by atoms with Gasteiger partial charge in [0.2, 0.25) is 5.95 Å². The van der Waals surface area contributed by atoms with E-state index in [1.807, 2.05) is 59.2 Å². The third-order valence-electron chi connectivity index (χ3n) is 4.94. The monoisotopic (exact) mass is 408 g/mol. The highest BCUT2D eigenvalue weighted by Crippen LogP contribution is 2.27. The minimum Gasteiger partial charge on any atom is -0.378 e. The summed E-state index contributed by atoms with van der Waals surface area (Å²) in [6.45, 7) is 5.01. The molecule has 0 amide bonds. The Balaban J connectivity index is 1.56. The van der Waals surface area contributed by atoms with Gasteiger partial charge in [-0.05, 0) is 24.1 Å². The van der Waals surface area contributed by atoms with Crippen LogP contribution in [0.2, 0.25) is 0 Å². The first kappa shape index (κ1) is 19.7. The average Bonchev–Trinajstić information content (AvgIpc) is 3.22. The van der Waals surface area contributed by atoms with Gasteiger partial charge in [0.05, 0.1) is 24.7 Å². The number of hydrogen-bond acceptors (Lipinski definition) is 6. The molecule has 150 valence electrons. The average molecular weight is 409 g/mol. The topological polar surface area (TPSA) is 60.3 Å². The Morgan fingerprint density at radius 1 is 1.03 bits per heavy atom. The molecule has 1 fully saturated rings. The van der Waals surface area contributed by atoms with Gasteiger partial charge < -0.3 is 9.64 Å². The lowest BCUT2D eigenvalue weighted by molar-refractivity contribution is 0.102. The number of morpholine rings is 1. The number of carbonyl (C=O) groups is 1. The minimum atomic E-state index is 0.0909. The van der Waals surface area contributed by atoms with Crippen LogP contribution in [-0.4, -0.2) is 52.6 Å². The van der Waals surface area contributed by atoms with Crippen LogP contribution in [0, 0.1) is 0 Å². The van der Waals surface area contributed by atoms with Crippen molar-refractivity contribution < 1.29 is 9.53 Å². The summed E-state index contributed by atoms with van der Waals surface area (Å²) in [5.74, 6) is 1.20. The fraction of sp³-hybridized carbons (Fsp3) is 0.318. The molecule has 3 aromatic rings. The van der Waals surface area contributed by atoms with E-state index in [1.54, 1.807) is 0 Å². The number of aryl methyl sites for hydroxylation is 1. The Morgan fingerprint density at radius 3 is 2.45 bits per heavy atom.